The van der Waals surface area contributed by atoms with Crippen LogP contribution in [-0.2, 0) is 16.4 Å². The van der Waals surface area contributed by atoms with Gasteiger partial charge < -0.3 is 4.74 Å². The highest BCUT2D eigenvalue weighted by Gasteiger charge is 2.31. The Bertz CT molecular complexity index is 838. The maximum Gasteiger partial charge on any atom is 0.573 e. The van der Waals surface area contributed by atoms with Crippen LogP contribution in [0.15, 0.2) is 51.8 Å². The van der Waals surface area contributed by atoms with Gasteiger partial charge in [0.05, 0.1) is 10.6 Å². The lowest BCUT2D eigenvalue weighted by molar-refractivity contribution is -0.274. The van der Waals surface area contributed by atoms with Gasteiger partial charge in [0, 0.05) is 10.5 Å². The van der Waals surface area contributed by atoms with Crippen LogP contribution >= 0.6 is 15.9 Å². The van der Waals surface area contributed by atoms with E-state index >= 15 is 0 Å². The molecule has 0 heterocycles. The average molecular weight is 424 g/mol. The van der Waals surface area contributed by atoms with Gasteiger partial charge in [-0.1, -0.05) is 28.9 Å². The van der Waals surface area contributed by atoms with Crippen molar-refractivity contribution >= 4 is 31.6 Å². The maximum atomic E-state index is 12.5. The monoisotopic (exact) mass is 423 g/mol. The molecular formula is C15H13BrF3NO3S. The fourth-order valence-corrected chi connectivity index (χ4v) is 3.80. The fraction of sp³-hybridized carbons (Fsp3) is 0.200. The molecule has 24 heavy (non-hydrogen) atoms. The van der Waals surface area contributed by atoms with E-state index in [0.717, 1.165) is 16.6 Å². The SMILES string of the molecule is CCc1cc(Br)ccc1S(=O)(=O)Nc1cccc(OC(F)(F)F)c1. The van der Waals surface area contributed by atoms with Crippen LogP contribution < -0.4 is 9.46 Å². The minimum atomic E-state index is -4.85. The molecule has 0 saturated heterocycles. The number of hydrogen-bond acceptors (Lipinski definition) is 3. The van der Waals surface area contributed by atoms with Crippen LogP contribution in [0.25, 0.3) is 0 Å². The van der Waals surface area contributed by atoms with Gasteiger partial charge in [-0.3, -0.25) is 4.72 Å². The Morgan fingerprint density at radius 1 is 1.17 bits per heavy atom. The Morgan fingerprint density at radius 2 is 1.88 bits per heavy atom. The molecule has 0 saturated carbocycles. The summed E-state index contributed by atoms with van der Waals surface area (Å²) in [6, 6.07) is 9.35. The van der Waals surface area contributed by atoms with Gasteiger partial charge in [-0.15, -0.1) is 13.2 Å². The van der Waals surface area contributed by atoms with Crippen LogP contribution in [0.3, 0.4) is 0 Å². The number of sulfonamides is 1. The molecule has 0 atom stereocenters. The Hall–Kier alpha value is -1.74. The van der Waals surface area contributed by atoms with Crippen LogP contribution in [0, 0.1) is 0 Å². The summed E-state index contributed by atoms with van der Waals surface area (Å²) in [6.07, 6.45) is -4.37. The van der Waals surface area contributed by atoms with Crippen LogP contribution in [0.4, 0.5) is 18.9 Å². The van der Waals surface area contributed by atoms with Gasteiger partial charge in [0.25, 0.3) is 10.0 Å². The highest BCUT2D eigenvalue weighted by Crippen LogP contribution is 2.27. The van der Waals surface area contributed by atoms with E-state index in [-0.39, 0.29) is 10.6 Å². The van der Waals surface area contributed by atoms with Crippen molar-refractivity contribution in [1.29, 1.82) is 0 Å². The van der Waals surface area contributed by atoms with E-state index in [1.807, 2.05) is 0 Å². The molecule has 0 aliphatic rings. The zero-order valence-corrected chi connectivity index (χ0v) is 14.8. The van der Waals surface area contributed by atoms with E-state index in [1.165, 1.54) is 18.2 Å². The minimum Gasteiger partial charge on any atom is -0.406 e. The first-order chi connectivity index (χ1) is 11.1. The molecule has 0 amide bonds. The normalized spacial score (nSPS) is 12.0. The molecular weight excluding hydrogens is 411 g/mol. The van der Waals surface area contributed by atoms with E-state index < -0.39 is 22.1 Å². The molecule has 0 spiro atoms. The van der Waals surface area contributed by atoms with Gasteiger partial charge >= 0.3 is 6.36 Å². The van der Waals surface area contributed by atoms with E-state index in [0.29, 0.717) is 12.0 Å². The molecule has 1 N–H and O–H groups in total. The molecule has 4 nitrogen and oxygen atoms in total. The van der Waals surface area contributed by atoms with Crippen molar-refractivity contribution in [2.45, 2.75) is 24.6 Å². The predicted molar refractivity (Wildman–Crippen MR) is 87.5 cm³/mol. The Kier molecular flexibility index (Phi) is 5.44. The lowest BCUT2D eigenvalue weighted by Gasteiger charge is -2.13. The highest BCUT2D eigenvalue weighted by atomic mass is 79.9. The van der Waals surface area contributed by atoms with Crippen molar-refractivity contribution < 1.29 is 26.3 Å². The summed E-state index contributed by atoms with van der Waals surface area (Å²) in [5.41, 5.74) is 0.557. The molecule has 0 unspecified atom stereocenters. The number of alkyl halides is 3. The number of nitrogens with one attached hydrogen (secondary N) is 1. The van der Waals surface area contributed by atoms with Crippen molar-refractivity contribution in [1.82, 2.24) is 0 Å². The second-order valence-corrected chi connectivity index (χ2v) is 7.35. The molecule has 0 aromatic heterocycles. The van der Waals surface area contributed by atoms with Crippen LogP contribution in [0.1, 0.15) is 12.5 Å². The van der Waals surface area contributed by atoms with Crippen LogP contribution in [0.2, 0.25) is 0 Å². The summed E-state index contributed by atoms with van der Waals surface area (Å²) in [5, 5.41) is 0. The van der Waals surface area contributed by atoms with Crippen molar-refractivity contribution in [3.05, 3.63) is 52.5 Å². The standard InChI is InChI=1S/C15H13BrF3NO3S/c1-2-10-8-11(16)6-7-14(10)24(21,22)20-12-4-3-5-13(9-12)23-15(17,18)19/h3-9,20H,2H2,1H3. The first-order valence-corrected chi connectivity index (χ1v) is 9.05. The minimum absolute atomic E-state index is 0.0262. The van der Waals surface area contributed by atoms with Crippen molar-refractivity contribution in [2.75, 3.05) is 4.72 Å². The summed E-state index contributed by atoms with van der Waals surface area (Å²) in [4.78, 5) is 0.0651. The molecule has 9 heteroatoms. The fourth-order valence-electron chi connectivity index (χ4n) is 2.05. The molecule has 130 valence electrons. The third-order valence-corrected chi connectivity index (χ3v) is 4.99. The third kappa shape index (κ3) is 4.88. The first kappa shape index (κ1) is 18.6. The second kappa shape index (κ2) is 7.02. The van der Waals surface area contributed by atoms with Gasteiger partial charge in [-0.05, 0) is 42.3 Å². The Morgan fingerprint density at radius 3 is 2.50 bits per heavy atom. The van der Waals surface area contributed by atoms with Crippen molar-refractivity contribution in [3.8, 4) is 5.75 Å². The molecule has 0 bridgehead atoms. The highest BCUT2D eigenvalue weighted by molar-refractivity contribution is 9.10. The number of benzene rings is 2. The Balaban J connectivity index is 2.32. The molecule has 2 rings (SSSR count). The summed E-state index contributed by atoms with van der Waals surface area (Å²) < 4.78 is 68.5. The van der Waals surface area contributed by atoms with Gasteiger partial charge in [0.1, 0.15) is 5.75 Å². The summed E-state index contributed by atoms with van der Waals surface area (Å²) in [7, 11) is -3.94. The van der Waals surface area contributed by atoms with Gasteiger partial charge in [-0.25, -0.2) is 8.42 Å². The van der Waals surface area contributed by atoms with Crippen molar-refractivity contribution in [3.63, 3.8) is 0 Å². The average Bonchev–Trinajstić information content (AvgIpc) is 2.44. The largest absolute Gasteiger partial charge is 0.573 e. The third-order valence-electron chi connectivity index (χ3n) is 3.01. The molecule has 0 aliphatic heterocycles. The molecule has 0 fully saturated rings. The Labute approximate surface area is 145 Å². The maximum absolute atomic E-state index is 12.5. The number of halogens is 4. The quantitative estimate of drug-likeness (QED) is 0.757. The van der Waals surface area contributed by atoms with Gasteiger partial charge in [0.2, 0.25) is 0 Å². The lowest BCUT2D eigenvalue weighted by Crippen LogP contribution is -2.18. The number of ether oxygens (including phenoxy) is 1. The number of rotatable bonds is 5. The predicted octanol–water partition coefficient (Wildman–Crippen LogP) is 4.71. The van der Waals surface area contributed by atoms with E-state index in [4.69, 9.17) is 0 Å². The van der Waals surface area contributed by atoms with E-state index in [2.05, 4.69) is 25.4 Å². The molecule has 2 aromatic carbocycles. The molecule has 0 radical (unpaired) electrons. The number of anilines is 1. The lowest BCUT2D eigenvalue weighted by atomic mass is 10.2. The smallest absolute Gasteiger partial charge is 0.406 e. The molecule has 2 aromatic rings. The van der Waals surface area contributed by atoms with Crippen molar-refractivity contribution in [2.24, 2.45) is 0 Å². The van der Waals surface area contributed by atoms with Gasteiger partial charge in [0.15, 0.2) is 0 Å². The van der Waals surface area contributed by atoms with Gasteiger partial charge in [-0.2, -0.15) is 0 Å². The van der Waals surface area contributed by atoms with Crippen LogP contribution in [-0.4, -0.2) is 14.8 Å². The number of aryl methyl sites for hydroxylation is 1. The topological polar surface area (TPSA) is 55.4 Å². The van der Waals surface area contributed by atoms with Crippen LogP contribution in [0.5, 0.6) is 5.75 Å². The zero-order chi connectivity index (χ0) is 18.0. The molecule has 0 aliphatic carbocycles. The summed E-state index contributed by atoms with van der Waals surface area (Å²) in [6.45, 7) is 1.80. The second-order valence-electron chi connectivity index (χ2n) is 4.79. The first-order valence-electron chi connectivity index (χ1n) is 6.78. The zero-order valence-electron chi connectivity index (χ0n) is 12.4. The number of hydrogen-bond donors (Lipinski definition) is 1. The van der Waals surface area contributed by atoms with E-state index in [9.17, 15) is 21.6 Å². The van der Waals surface area contributed by atoms with E-state index in [1.54, 1.807) is 19.1 Å². The summed E-state index contributed by atoms with van der Waals surface area (Å²) in [5.74, 6) is -0.505. The summed E-state index contributed by atoms with van der Waals surface area (Å²) >= 11 is 3.27.